The molecule has 0 aliphatic carbocycles. The third-order valence-corrected chi connectivity index (χ3v) is 4.76. The van der Waals surface area contributed by atoms with Crippen LogP contribution in [0.15, 0.2) is 48.5 Å². The molecule has 5 nitrogen and oxygen atoms in total. The molecule has 0 bridgehead atoms. The lowest BCUT2D eigenvalue weighted by molar-refractivity contribution is -0.118. The number of carbonyl (C=O) groups is 2. The van der Waals surface area contributed by atoms with Crippen molar-refractivity contribution in [1.29, 1.82) is 0 Å². The molecule has 0 spiro atoms. The topological polar surface area (TPSA) is 75.6 Å². The molecule has 2 aromatic rings. The number of aliphatic hydroxyl groups is 1. The molecule has 1 saturated heterocycles. The molecular weight excluding hydrogens is 345 g/mol. The van der Waals surface area contributed by atoms with Crippen molar-refractivity contribution in [3.63, 3.8) is 0 Å². The second-order valence-electron chi connectivity index (χ2n) is 5.61. The van der Waals surface area contributed by atoms with Crippen molar-refractivity contribution in [3.8, 4) is 5.75 Å². The molecule has 0 aromatic heterocycles. The molecule has 2 N–H and O–H groups in total. The van der Waals surface area contributed by atoms with Crippen LogP contribution in [-0.2, 0) is 11.2 Å². The molecule has 1 unspecified atom stereocenters. The fraction of sp³-hybridized carbons (Fsp3) is 0.222. The Morgan fingerprint density at radius 1 is 1.12 bits per heavy atom. The van der Waals surface area contributed by atoms with Gasteiger partial charge in [0.15, 0.2) is 0 Å². The number of nitrogens with one attached hydrogen (secondary N) is 1. The van der Waals surface area contributed by atoms with Gasteiger partial charge >= 0.3 is 0 Å². The Labute approximate surface area is 148 Å². The van der Waals surface area contributed by atoms with Crippen LogP contribution in [0.2, 0.25) is 0 Å². The number of carbonyl (C=O) groups excluding carboxylic acids is 2. The third-order valence-electron chi connectivity index (χ3n) is 3.77. The zero-order valence-electron chi connectivity index (χ0n) is 13.1. The van der Waals surface area contributed by atoms with E-state index in [9.17, 15) is 19.1 Å². The Balaban J connectivity index is 1.53. The Bertz CT molecular complexity index is 764. The number of hydrogen-bond donors (Lipinski definition) is 2. The first-order valence-corrected chi connectivity index (χ1v) is 8.56. The summed E-state index contributed by atoms with van der Waals surface area (Å²) in [7, 11) is 0. The van der Waals surface area contributed by atoms with Gasteiger partial charge in [0.25, 0.3) is 5.24 Å². The van der Waals surface area contributed by atoms with E-state index in [0.717, 1.165) is 17.3 Å². The minimum Gasteiger partial charge on any atom is -0.491 e. The molecule has 7 heteroatoms. The van der Waals surface area contributed by atoms with E-state index >= 15 is 0 Å². The molecule has 0 radical (unpaired) electrons. The number of rotatable bonds is 6. The van der Waals surface area contributed by atoms with E-state index in [1.165, 1.54) is 24.3 Å². The first-order chi connectivity index (χ1) is 12.0. The lowest BCUT2D eigenvalue weighted by atomic mass is 10.1. The number of aliphatic hydroxyl groups excluding tert-OH is 1. The van der Waals surface area contributed by atoms with E-state index in [2.05, 4.69) is 5.32 Å². The summed E-state index contributed by atoms with van der Waals surface area (Å²) in [6.45, 7) is 0.0420. The predicted molar refractivity (Wildman–Crippen MR) is 91.9 cm³/mol. The number of benzene rings is 2. The Hall–Kier alpha value is -2.38. The van der Waals surface area contributed by atoms with Crippen LogP contribution in [0.25, 0.3) is 0 Å². The van der Waals surface area contributed by atoms with E-state index in [1.54, 1.807) is 12.1 Å². The summed E-state index contributed by atoms with van der Waals surface area (Å²) in [6.07, 6.45) is -0.398. The average molecular weight is 361 g/mol. The molecule has 0 saturated carbocycles. The van der Waals surface area contributed by atoms with E-state index in [4.69, 9.17) is 4.74 Å². The highest BCUT2D eigenvalue weighted by Gasteiger charge is 2.31. The van der Waals surface area contributed by atoms with Gasteiger partial charge in [-0.15, -0.1) is 0 Å². The maximum absolute atomic E-state index is 12.9. The Morgan fingerprint density at radius 3 is 2.40 bits per heavy atom. The smallest absolute Gasteiger partial charge is 0.286 e. The van der Waals surface area contributed by atoms with Gasteiger partial charge in [0.1, 0.15) is 24.3 Å². The summed E-state index contributed by atoms with van der Waals surface area (Å²) in [5, 5.41) is 11.6. The highest BCUT2D eigenvalue weighted by Crippen LogP contribution is 2.24. The SMILES string of the molecule is O=C1NC(=O)C(Cc2ccc(OC[C@H](O)c3ccc(F)cc3)cc2)S1. The van der Waals surface area contributed by atoms with Gasteiger partial charge in [-0.25, -0.2) is 4.39 Å². The third kappa shape index (κ3) is 4.58. The molecule has 2 aromatic carbocycles. The first kappa shape index (κ1) is 17.4. The molecule has 2 amide bonds. The zero-order chi connectivity index (χ0) is 17.8. The summed E-state index contributed by atoms with van der Waals surface area (Å²) in [5.41, 5.74) is 1.49. The number of thioether (sulfide) groups is 1. The average Bonchev–Trinajstić information content (AvgIpc) is 2.92. The van der Waals surface area contributed by atoms with Gasteiger partial charge in [-0.2, -0.15) is 0 Å². The molecule has 25 heavy (non-hydrogen) atoms. The number of halogens is 1. The summed E-state index contributed by atoms with van der Waals surface area (Å²) < 4.78 is 18.4. The summed E-state index contributed by atoms with van der Waals surface area (Å²) in [5.74, 6) is -0.0504. The van der Waals surface area contributed by atoms with Crippen LogP contribution in [0.5, 0.6) is 5.75 Å². The monoisotopic (exact) mass is 361 g/mol. The molecule has 1 aliphatic rings. The van der Waals surface area contributed by atoms with Crippen molar-refractivity contribution >= 4 is 22.9 Å². The van der Waals surface area contributed by atoms with Crippen LogP contribution in [0.4, 0.5) is 9.18 Å². The van der Waals surface area contributed by atoms with Gasteiger partial charge < -0.3 is 9.84 Å². The number of hydrogen-bond acceptors (Lipinski definition) is 5. The largest absolute Gasteiger partial charge is 0.491 e. The van der Waals surface area contributed by atoms with Crippen molar-refractivity contribution in [2.24, 2.45) is 0 Å². The van der Waals surface area contributed by atoms with Crippen LogP contribution >= 0.6 is 11.8 Å². The van der Waals surface area contributed by atoms with Crippen LogP contribution in [0.3, 0.4) is 0 Å². The maximum Gasteiger partial charge on any atom is 0.286 e. The molecule has 1 aliphatic heterocycles. The minimum absolute atomic E-state index is 0.0420. The zero-order valence-corrected chi connectivity index (χ0v) is 14.0. The summed E-state index contributed by atoms with van der Waals surface area (Å²) in [6, 6.07) is 12.7. The second-order valence-corrected chi connectivity index (χ2v) is 6.79. The molecule has 1 heterocycles. The number of amides is 2. The molecule has 2 atom stereocenters. The lowest BCUT2D eigenvalue weighted by Crippen LogP contribution is -2.25. The molecule has 1 fully saturated rings. The fourth-order valence-electron chi connectivity index (χ4n) is 2.42. The maximum atomic E-state index is 12.9. The van der Waals surface area contributed by atoms with Crippen LogP contribution in [0.1, 0.15) is 17.2 Å². The van der Waals surface area contributed by atoms with Crippen molar-refractivity contribution in [3.05, 3.63) is 65.5 Å². The van der Waals surface area contributed by atoms with Gasteiger partial charge in [0.2, 0.25) is 5.91 Å². The van der Waals surface area contributed by atoms with Crippen LogP contribution < -0.4 is 10.1 Å². The minimum atomic E-state index is -0.857. The van der Waals surface area contributed by atoms with E-state index in [-0.39, 0.29) is 23.6 Å². The van der Waals surface area contributed by atoms with Crippen molar-refractivity contribution in [2.45, 2.75) is 17.8 Å². The lowest BCUT2D eigenvalue weighted by Gasteiger charge is -2.13. The summed E-state index contributed by atoms with van der Waals surface area (Å²) >= 11 is 0.995. The standard InChI is InChI=1S/C18H16FNO4S/c19-13-5-3-12(4-6-13)15(21)10-24-14-7-1-11(2-8-14)9-16-17(22)20-18(23)25-16/h1-8,15-16,21H,9-10H2,(H,20,22,23)/t15-,16?/m0/s1. The summed E-state index contributed by atoms with van der Waals surface area (Å²) in [4.78, 5) is 22.7. The van der Waals surface area contributed by atoms with Gasteiger partial charge in [-0.05, 0) is 41.8 Å². The Morgan fingerprint density at radius 2 is 1.80 bits per heavy atom. The molecule has 130 valence electrons. The fourth-order valence-corrected chi connectivity index (χ4v) is 3.28. The van der Waals surface area contributed by atoms with Crippen molar-refractivity contribution < 1.29 is 23.8 Å². The quantitative estimate of drug-likeness (QED) is 0.827. The van der Waals surface area contributed by atoms with E-state index < -0.39 is 11.4 Å². The first-order valence-electron chi connectivity index (χ1n) is 7.68. The van der Waals surface area contributed by atoms with E-state index in [1.807, 2.05) is 12.1 Å². The van der Waals surface area contributed by atoms with Gasteiger partial charge in [0.05, 0.1) is 5.25 Å². The van der Waals surface area contributed by atoms with Crippen molar-refractivity contribution in [2.75, 3.05) is 6.61 Å². The predicted octanol–water partition coefficient (Wildman–Crippen LogP) is 2.83. The Kier molecular flexibility index (Phi) is 5.35. The highest BCUT2D eigenvalue weighted by molar-refractivity contribution is 8.15. The second kappa shape index (κ2) is 7.67. The van der Waals surface area contributed by atoms with E-state index in [0.29, 0.717) is 17.7 Å². The van der Waals surface area contributed by atoms with Gasteiger partial charge in [-0.1, -0.05) is 36.0 Å². The van der Waals surface area contributed by atoms with Gasteiger partial charge in [0, 0.05) is 0 Å². The van der Waals surface area contributed by atoms with Gasteiger partial charge in [-0.3, -0.25) is 14.9 Å². The van der Waals surface area contributed by atoms with Crippen LogP contribution in [0, 0.1) is 5.82 Å². The normalized spacial score (nSPS) is 18.1. The number of imide groups is 1. The molecular formula is C18H16FNO4S. The van der Waals surface area contributed by atoms with Crippen LogP contribution in [-0.4, -0.2) is 28.1 Å². The molecule has 3 rings (SSSR count). The van der Waals surface area contributed by atoms with Crippen molar-refractivity contribution in [1.82, 2.24) is 5.32 Å². The number of ether oxygens (including phenoxy) is 1. The highest BCUT2D eigenvalue weighted by atomic mass is 32.2.